The van der Waals surface area contributed by atoms with E-state index in [9.17, 15) is 0 Å². The molecule has 0 aliphatic carbocycles. The highest BCUT2D eigenvalue weighted by molar-refractivity contribution is 5.86. The SMILES string of the molecule is Cl.Cl.NCC(Cc1cccc2ccccc12)NCc1ccccc1. The molecule has 0 aliphatic heterocycles. The van der Waals surface area contributed by atoms with Gasteiger partial charge in [0.25, 0.3) is 0 Å². The lowest BCUT2D eigenvalue weighted by molar-refractivity contribution is 0.517. The van der Waals surface area contributed by atoms with Crippen molar-refractivity contribution in [2.45, 2.75) is 19.0 Å². The number of fused-ring (bicyclic) bond motifs is 1. The third-order valence-corrected chi connectivity index (χ3v) is 4.07. The van der Waals surface area contributed by atoms with Crippen molar-refractivity contribution in [1.29, 1.82) is 0 Å². The molecule has 0 aliphatic rings. The summed E-state index contributed by atoms with van der Waals surface area (Å²) in [7, 11) is 0. The third-order valence-electron chi connectivity index (χ3n) is 4.07. The fourth-order valence-corrected chi connectivity index (χ4v) is 2.83. The van der Waals surface area contributed by atoms with Gasteiger partial charge in [0, 0.05) is 19.1 Å². The largest absolute Gasteiger partial charge is 0.329 e. The summed E-state index contributed by atoms with van der Waals surface area (Å²) in [5.41, 5.74) is 8.61. The molecule has 3 aromatic rings. The molecule has 0 aromatic heterocycles. The second kappa shape index (κ2) is 10.3. The van der Waals surface area contributed by atoms with Crippen LogP contribution in [-0.4, -0.2) is 12.6 Å². The molecule has 3 N–H and O–H groups in total. The van der Waals surface area contributed by atoms with Crippen LogP contribution in [0, 0.1) is 0 Å². The minimum absolute atomic E-state index is 0. The normalized spacial score (nSPS) is 11.4. The molecule has 128 valence electrons. The summed E-state index contributed by atoms with van der Waals surface area (Å²) in [4.78, 5) is 0. The molecule has 3 aromatic carbocycles. The lowest BCUT2D eigenvalue weighted by Crippen LogP contribution is -2.37. The average molecular weight is 363 g/mol. The number of hydrogen-bond donors (Lipinski definition) is 2. The van der Waals surface area contributed by atoms with E-state index in [1.54, 1.807) is 0 Å². The molecule has 3 rings (SSSR count). The van der Waals surface area contributed by atoms with E-state index in [1.807, 2.05) is 6.07 Å². The number of benzene rings is 3. The van der Waals surface area contributed by atoms with E-state index in [0.717, 1.165) is 13.0 Å². The second-order valence-corrected chi connectivity index (χ2v) is 5.64. The van der Waals surface area contributed by atoms with Crippen LogP contribution in [0.2, 0.25) is 0 Å². The van der Waals surface area contributed by atoms with Crippen LogP contribution >= 0.6 is 24.8 Å². The van der Waals surface area contributed by atoms with E-state index in [4.69, 9.17) is 5.73 Å². The van der Waals surface area contributed by atoms with E-state index in [1.165, 1.54) is 21.9 Å². The molecule has 0 amide bonds. The Kier molecular flexibility index (Phi) is 8.80. The molecule has 4 heteroatoms. The van der Waals surface area contributed by atoms with Crippen molar-refractivity contribution in [2.24, 2.45) is 5.73 Å². The van der Waals surface area contributed by atoms with Crippen LogP contribution in [0.4, 0.5) is 0 Å². The Bertz CT molecular complexity index is 727. The Morgan fingerprint density at radius 3 is 2.21 bits per heavy atom. The van der Waals surface area contributed by atoms with Gasteiger partial charge in [-0.05, 0) is 28.3 Å². The van der Waals surface area contributed by atoms with Crippen LogP contribution in [0.25, 0.3) is 10.8 Å². The van der Waals surface area contributed by atoms with Crippen molar-refractivity contribution in [3.63, 3.8) is 0 Å². The Morgan fingerprint density at radius 2 is 1.46 bits per heavy atom. The molecule has 24 heavy (non-hydrogen) atoms. The second-order valence-electron chi connectivity index (χ2n) is 5.64. The van der Waals surface area contributed by atoms with Crippen molar-refractivity contribution < 1.29 is 0 Å². The summed E-state index contributed by atoms with van der Waals surface area (Å²) in [5.74, 6) is 0. The topological polar surface area (TPSA) is 38.0 Å². The highest BCUT2D eigenvalue weighted by atomic mass is 35.5. The zero-order valence-corrected chi connectivity index (χ0v) is 15.2. The molecule has 0 saturated carbocycles. The van der Waals surface area contributed by atoms with Gasteiger partial charge in [-0.2, -0.15) is 0 Å². The first-order valence-electron chi connectivity index (χ1n) is 7.81. The molecule has 0 saturated heterocycles. The maximum Gasteiger partial charge on any atom is 0.0234 e. The Hall–Kier alpha value is -1.58. The molecule has 1 atom stereocenters. The first kappa shape index (κ1) is 20.5. The summed E-state index contributed by atoms with van der Waals surface area (Å²) < 4.78 is 0. The average Bonchev–Trinajstić information content (AvgIpc) is 2.59. The maximum atomic E-state index is 5.97. The van der Waals surface area contributed by atoms with Crippen LogP contribution in [-0.2, 0) is 13.0 Å². The van der Waals surface area contributed by atoms with Crippen molar-refractivity contribution >= 4 is 35.6 Å². The van der Waals surface area contributed by atoms with Crippen molar-refractivity contribution in [1.82, 2.24) is 5.32 Å². The van der Waals surface area contributed by atoms with Crippen LogP contribution in [0.1, 0.15) is 11.1 Å². The summed E-state index contributed by atoms with van der Waals surface area (Å²) in [5, 5.41) is 6.19. The number of nitrogens with two attached hydrogens (primary N) is 1. The first-order valence-corrected chi connectivity index (χ1v) is 7.81. The molecule has 0 heterocycles. The predicted octanol–water partition coefficient (Wildman–Crippen LogP) is 4.34. The van der Waals surface area contributed by atoms with Crippen LogP contribution in [0.15, 0.2) is 72.8 Å². The van der Waals surface area contributed by atoms with Crippen molar-refractivity contribution in [3.8, 4) is 0 Å². The monoisotopic (exact) mass is 362 g/mol. The van der Waals surface area contributed by atoms with Crippen LogP contribution < -0.4 is 11.1 Å². The highest BCUT2D eigenvalue weighted by Crippen LogP contribution is 2.19. The number of nitrogens with one attached hydrogen (secondary N) is 1. The number of rotatable bonds is 6. The summed E-state index contributed by atoms with van der Waals surface area (Å²) in [6.45, 7) is 1.49. The Morgan fingerprint density at radius 1 is 0.792 bits per heavy atom. The molecule has 1 unspecified atom stereocenters. The smallest absolute Gasteiger partial charge is 0.0234 e. The lowest BCUT2D eigenvalue weighted by Gasteiger charge is -2.18. The molecular formula is C20H24Cl2N2. The minimum atomic E-state index is 0. The molecule has 0 fully saturated rings. The van der Waals surface area contributed by atoms with Crippen LogP contribution in [0.3, 0.4) is 0 Å². The van der Waals surface area contributed by atoms with E-state index in [-0.39, 0.29) is 30.9 Å². The van der Waals surface area contributed by atoms with Gasteiger partial charge in [0.05, 0.1) is 0 Å². The standard InChI is InChI=1S/C20H22N2.2ClH/c21-14-19(22-15-16-7-2-1-3-8-16)13-18-11-6-10-17-9-4-5-12-20(17)18;;/h1-12,19,22H,13-15,21H2;2*1H. The zero-order valence-electron chi connectivity index (χ0n) is 13.5. The highest BCUT2D eigenvalue weighted by Gasteiger charge is 2.09. The quantitative estimate of drug-likeness (QED) is 0.684. The Labute approximate surface area is 156 Å². The van der Waals surface area contributed by atoms with Crippen molar-refractivity contribution in [3.05, 3.63) is 83.9 Å². The third kappa shape index (κ3) is 5.22. The van der Waals surface area contributed by atoms with Gasteiger partial charge in [-0.25, -0.2) is 0 Å². The summed E-state index contributed by atoms with van der Waals surface area (Å²) in [6.07, 6.45) is 0.949. The van der Waals surface area contributed by atoms with Gasteiger partial charge >= 0.3 is 0 Å². The van der Waals surface area contributed by atoms with Gasteiger partial charge in [-0.1, -0.05) is 72.8 Å². The summed E-state index contributed by atoms with van der Waals surface area (Å²) >= 11 is 0. The molecule has 2 nitrogen and oxygen atoms in total. The van der Waals surface area contributed by atoms with E-state index in [2.05, 4.69) is 72.0 Å². The van der Waals surface area contributed by atoms with Gasteiger partial charge in [0.15, 0.2) is 0 Å². The van der Waals surface area contributed by atoms with Gasteiger partial charge in [0.1, 0.15) is 0 Å². The van der Waals surface area contributed by atoms with E-state index >= 15 is 0 Å². The van der Waals surface area contributed by atoms with Gasteiger partial charge in [0.2, 0.25) is 0 Å². The van der Waals surface area contributed by atoms with Crippen molar-refractivity contribution in [2.75, 3.05) is 6.54 Å². The minimum Gasteiger partial charge on any atom is -0.329 e. The van der Waals surface area contributed by atoms with Gasteiger partial charge in [-0.15, -0.1) is 24.8 Å². The fourth-order valence-electron chi connectivity index (χ4n) is 2.83. The van der Waals surface area contributed by atoms with Gasteiger partial charge in [-0.3, -0.25) is 0 Å². The maximum absolute atomic E-state index is 5.97. The lowest BCUT2D eigenvalue weighted by atomic mass is 9.98. The zero-order chi connectivity index (χ0) is 15.2. The molecule has 0 bridgehead atoms. The molecule has 0 radical (unpaired) electrons. The predicted molar refractivity (Wildman–Crippen MR) is 108 cm³/mol. The number of halogens is 2. The van der Waals surface area contributed by atoms with Crippen LogP contribution in [0.5, 0.6) is 0 Å². The fraction of sp³-hybridized carbons (Fsp3) is 0.200. The number of hydrogen-bond acceptors (Lipinski definition) is 2. The Balaban J connectivity index is 0.00000144. The molecule has 0 spiro atoms. The first-order chi connectivity index (χ1) is 10.9. The van der Waals surface area contributed by atoms with E-state index in [0.29, 0.717) is 6.54 Å². The van der Waals surface area contributed by atoms with Gasteiger partial charge < -0.3 is 11.1 Å². The van der Waals surface area contributed by atoms with E-state index < -0.39 is 0 Å². The summed E-state index contributed by atoms with van der Waals surface area (Å²) in [6, 6.07) is 25.8. The molecular weight excluding hydrogens is 339 g/mol.